The van der Waals surface area contributed by atoms with Crippen LogP contribution in [-0.2, 0) is 6.42 Å². The first-order valence-electron chi connectivity index (χ1n) is 16.0. The summed E-state index contributed by atoms with van der Waals surface area (Å²) in [5.74, 6) is -0.728. The van der Waals surface area contributed by atoms with Gasteiger partial charge in [0.25, 0.3) is 0 Å². The van der Waals surface area contributed by atoms with Gasteiger partial charge in [0.15, 0.2) is 5.82 Å². The van der Waals surface area contributed by atoms with Crippen molar-refractivity contribution in [3.8, 4) is 23.0 Å². The molecule has 2 N–H and O–H groups in total. The molecule has 0 amide bonds. The van der Waals surface area contributed by atoms with Crippen molar-refractivity contribution in [2.45, 2.75) is 88.2 Å². The Morgan fingerprint density at radius 1 is 1.11 bits per heavy atom. The predicted molar refractivity (Wildman–Crippen MR) is 164 cm³/mol. The van der Waals surface area contributed by atoms with Crippen LogP contribution >= 0.6 is 0 Å². The summed E-state index contributed by atoms with van der Waals surface area (Å²) in [6, 6.07) is 5.92. The predicted octanol–water partition coefficient (Wildman–Crippen LogP) is 5.84. The maximum atomic E-state index is 16.9. The first-order valence-corrected chi connectivity index (χ1v) is 16.0. The Bertz CT molecular complexity index is 1810. The van der Waals surface area contributed by atoms with Crippen LogP contribution in [0, 0.1) is 11.6 Å². The van der Waals surface area contributed by atoms with Crippen molar-refractivity contribution < 1.29 is 28.1 Å². The fourth-order valence-electron chi connectivity index (χ4n) is 8.64. The van der Waals surface area contributed by atoms with Gasteiger partial charge in [-0.3, -0.25) is 9.88 Å². The van der Waals surface area contributed by atoms with Crippen LogP contribution in [-0.4, -0.2) is 79.7 Å². The summed E-state index contributed by atoms with van der Waals surface area (Å²) in [5, 5.41) is 22.5. The zero-order chi connectivity index (χ0) is 31.0. The Kier molecular flexibility index (Phi) is 6.83. The Morgan fingerprint density at radius 2 is 1.91 bits per heavy atom. The molecule has 8 nitrogen and oxygen atoms in total. The van der Waals surface area contributed by atoms with Gasteiger partial charge in [0, 0.05) is 36.8 Å². The highest BCUT2D eigenvalue weighted by atomic mass is 19.1. The number of piperidine rings is 1. The summed E-state index contributed by atoms with van der Waals surface area (Å²) in [7, 11) is 0. The number of nitrogens with zero attached hydrogens (tertiary/aromatic N) is 5. The Hall–Kier alpha value is -3.70. The van der Waals surface area contributed by atoms with Gasteiger partial charge in [-0.15, -0.1) is 0 Å². The van der Waals surface area contributed by atoms with Gasteiger partial charge in [0.1, 0.15) is 41.4 Å². The van der Waals surface area contributed by atoms with Crippen molar-refractivity contribution in [1.29, 1.82) is 0 Å². The van der Waals surface area contributed by atoms with Crippen LogP contribution in [0.15, 0.2) is 30.5 Å². The monoisotopic (exact) mass is 619 g/mol. The standard InChI is InChI=1S/C34H36F3N5O3/c1-2-24-27(36)7-4-18-10-22(43)13-25(28(18)24)30-29(37)31-26(15-38-30)32(42-20-5-6-21(42)12-23(44)11-20)40-33(39-31)45-17-34-8-3-9-41(34)16-19(35)14-34/h4,7,10,13,15,19-21,23,43-44H,2-3,5-6,8-9,11-12,14,16-17H2,1H3/t19-,20+,21?,23-,34+/m1/s1. The van der Waals surface area contributed by atoms with E-state index >= 15 is 4.39 Å². The molecule has 2 aromatic carbocycles. The second-order valence-corrected chi connectivity index (χ2v) is 13.3. The van der Waals surface area contributed by atoms with E-state index in [4.69, 9.17) is 9.72 Å². The molecule has 8 rings (SSSR count). The minimum Gasteiger partial charge on any atom is -0.508 e. The fraction of sp³-hybridized carbons (Fsp3) is 0.500. The summed E-state index contributed by atoms with van der Waals surface area (Å²) in [5.41, 5.74) is 0.183. The van der Waals surface area contributed by atoms with Gasteiger partial charge in [0.2, 0.25) is 0 Å². The lowest BCUT2D eigenvalue weighted by atomic mass is 9.94. The molecule has 236 valence electrons. The van der Waals surface area contributed by atoms with Crippen LogP contribution in [0.4, 0.5) is 19.0 Å². The number of aryl methyl sites for hydroxylation is 1. The molecule has 45 heavy (non-hydrogen) atoms. The van der Waals surface area contributed by atoms with E-state index in [1.165, 1.54) is 18.2 Å². The highest BCUT2D eigenvalue weighted by Crippen LogP contribution is 2.44. The van der Waals surface area contributed by atoms with E-state index in [1.807, 2.05) is 6.92 Å². The van der Waals surface area contributed by atoms with Crippen LogP contribution in [0.2, 0.25) is 0 Å². The smallest absolute Gasteiger partial charge is 0.319 e. The molecule has 6 heterocycles. The third kappa shape index (κ3) is 4.61. The van der Waals surface area contributed by atoms with Crippen molar-refractivity contribution in [3.05, 3.63) is 47.7 Å². The van der Waals surface area contributed by atoms with E-state index in [2.05, 4.69) is 19.8 Å². The average Bonchev–Trinajstić information content (AvgIpc) is 3.63. The van der Waals surface area contributed by atoms with Crippen molar-refractivity contribution in [2.24, 2.45) is 0 Å². The van der Waals surface area contributed by atoms with Crippen molar-refractivity contribution >= 4 is 27.5 Å². The van der Waals surface area contributed by atoms with E-state index in [0.29, 0.717) is 59.8 Å². The lowest BCUT2D eigenvalue weighted by molar-refractivity contribution is 0.107. The molecule has 2 aromatic heterocycles. The number of aliphatic hydroxyl groups is 1. The van der Waals surface area contributed by atoms with Gasteiger partial charge in [-0.2, -0.15) is 9.97 Å². The Balaban J connectivity index is 1.29. The number of aromatic nitrogens is 3. The number of hydrogen-bond donors (Lipinski definition) is 2. The van der Waals surface area contributed by atoms with E-state index in [9.17, 15) is 19.0 Å². The first-order chi connectivity index (χ1) is 21.7. The van der Waals surface area contributed by atoms with Gasteiger partial charge in [-0.25, -0.2) is 13.2 Å². The van der Waals surface area contributed by atoms with Gasteiger partial charge in [0.05, 0.1) is 17.0 Å². The van der Waals surface area contributed by atoms with Crippen LogP contribution in [0.5, 0.6) is 11.8 Å². The van der Waals surface area contributed by atoms with Crippen LogP contribution in [0.3, 0.4) is 0 Å². The average molecular weight is 620 g/mol. The summed E-state index contributed by atoms with van der Waals surface area (Å²) < 4.78 is 52.5. The quantitative estimate of drug-likeness (QED) is 0.278. The third-order valence-corrected chi connectivity index (χ3v) is 10.6. The molecule has 0 aliphatic carbocycles. The van der Waals surface area contributed by atoms with Gasteiger partial charge in [-0.05, 0) is 86.0 Å². The number of alkyl halides is 1. The zero-order valence-corrected chi connectivity index (χ0v) is 25.1. The van der Waals surface area contributed by atoms with Crippen LogP contribution in [0.25, 0.3) is 32.9 Å². The first kappa shape index (κ1) is 28.8. The zero-order valence-electron chi connectivity index (χ0n) is 25.1. The largest absolute Gasteiger partial charge is 0.508 e. The number of benzene rings is 2. The van der Waals surface area contributed by atoms with E-state index in [1.54, 1.807) is 12.3 Å². The number of hydrogen-bond acceptors (Lipinski definition) is 8. The Morgan fingerprint density at radius 3 is 2.69 bits per heavy atom. The van der Waals surface area contributed by atoms with Crippen LogP contribution < -0.4 is 9.64 Å². The number of phenolic OH excluding ortho intramolecular Hbond substituents is 1. The van der Waals surface area contributed by atoms with Crippen molar-refractivity contribution in [2.75, 3.05) is 24.6 Å². The molecule has 11 heteroatoms. The second kappa shape index (κ2) is 10.7. The molecule has 0 spiro atoms. The highest BCUT2D eigenvalue weighted by molar-refractivity contribution is 6.01. The number of phenols is 1. The molecule has 1 unspecified atom stereocenters. The molecule has 5 atom stereocenters. The van der Waals surface area contributed by atoms with E-state index < -0.39 is 29.4 Å². The molecule has 0 saturated carbocycles. The lowest BCUT2D eigenvalue weighted by Gasteiger charge is -2.38. The highest BCUT2D eigenvalue weighted by Gasteiger charge is 2.49. The van der Waals surface area contributed by atoms with Crippen molar-refractivity contribution in [1.82, 2.24) is 19.9 Å². The summed E-state index contributed by atoms with van der Waals surface area (Å²) in [6.45, 7) is 3.22. The second-order valence-electron chi connectivity index (χ2n) is 13.3. The number of halogens is 3. The molecule has 4 aromatic rings. The summed E-state index contributed by atoms with van der Waals surface area (Å²) >= 11 is 0. The summed E-state index contributed by atoms with van der Waals surface area (Å²) in [6.07, 6.45) is 5.67. The maximum Gasteiger partial charge on any atom is 0.319 e. The fourth-order valence-corrected chi connectivity index (χ4v) is 8.64. The molecule has 4 aliphatic rings. The summed E-state index contributed by atoms with van der Waals surface area (Å²) in [4.78, 5) is 18.3. The number of anilines is 1. The molecule has 2 bridgehead atoms. The normalized spacial score (nSPS) is 28.0. The van der Waals surface area contributed by atoms with Gasteiger partial charge < -0.3 is 19.8 Å². The molecular weight excluding hydrogens is 583 g/mol. The molecule has 0 radical (unpaired) electrons. The van der Waals surface area contributed by atoms with Gasteiger partial charge >= 0.3 is 6.01 Å². The number of fused-ring (bicyclic) bond motifs is 5. The number of ether oxygens (including phenoxy) is 1. The number of pyridine rings is 1. The van der Waals surface area contributed by atoms with Crippen molar-refractivity contribution in [3.63, 3.8) is 0 Å². The number of rotatable bonds is 6. The Labute approximate surface area is 258 Å². The van der Waals surface area contributed by atoms with Gasteiger partial charge in [-0.1, -0.05) is 13.0 Å². The third-order valence-electron chi connectivity index (χ3n) is 10.6. The lowest BCUT2D eigenvalue weighted by Crippen LogP contribution is -2.45. The number of aromatic hydroxyl groups is 1. The maximum absolute atomic E-state index is 16.9. The van der Waals surface area contributed by atoms with E-state index in [-0.39, 0.29) is 47.2 Å². The minimum atomic E-state index is -0.918. The van der Waals surface area contributed by atoms with Crippen LogP contribution in [0.1, 0.15) is 57.4 Å². The van der Waals surface area contributed by atoms with E-state index in [0.717, 1.165) is 32.2 Å². The SMILES string of the molecule is CCc1c(F)ccc2cc(O)cc(-c3ncc4c(N5C6CC[C@H]5C[C@@H](O)C6)nc(OC[C@@]56CCCN5C[C@H](F)C6)nc4c3F)c12. The number of aliphatic hydroxyl groups excluding tert-OH is 1. The molecule has 4 aliphatic heterocycles. The molecule has 4 fully saturated rings. The topological polar surface area (TPSA) is 94.8 Å². The molecule has 4 saturated heterocycles. The molecular formula is C34H36F3N5O3. The minimum absolute atomic E-state index is 0.00339.